The van der Waals surface area contributed by atoms with Crippen molar-refractivity contribution in [2.24, 2.45) is 38.6 Å². The van der Waals surface area contributed by atoms with Crippen molar-refractivity contribution in [2.75, 3.05) is 33.1 Å². The fourth-order valence-electron chi connectivity index (χ4n) is 18.4. The number of ether oxygens (including phenoxy) is 6. The van der Waals surface area contributed by atoms with Crippen LogP contribution >= 0.6 is 22.7 Å². The first-order chi connectivity index (χ1) is 62.2. The summed E-state index contributed by atoms with van der Waals surface area (Å²) >= 11 is 2.76. The van der Waals surface area contributed by atoms with Crippen molar-refractivity contribution in [1.29, 1.82) is 0 Å². The number of likely N-dealkylation sites (tertiary alicyclic amines) is 2. The van der Waals surface area contributed by atoms with Gasteiger partial charge < -0.3 is 64.6 Å². The van der Waals surface area contributed by atoms with E-state index in [2.05, 4.69) is 34.4 Å². The summed E-state index contributed by atoms with van der Waals surface area (Å²) in [7, 11) is -3.64. The number of nitrogens with one attached hydrogen (secondary N) is 4. The Kier molecular flexibility index (Phi) is 30.7. The van der Waals surface area contributed by atoms with E-state index in [1.807, 2.05) is 134 Å². The SMILES string of the molecule is C=CC1C[C@]1(NC(=O)[C@@H]1C[C@@H](Oc2cc(-c3csc(CC(=O)CC(C)(C)C)n3)nc3c(C)c(OC)c(C)cc23)CN1C(=O)[C@@H](NC(=O)OC1CCCC1)C(C)(C)C)C(=O)CS(=O)(=O)C1CC1.C=CC1C[C@]1(NC(=O)[C@@H]1C[C@@H](Oc2cc(-c3csc(CC(=O)CC(C)(C)C)n3)nc3c(C)c(OC)c(C)cc23)CN1C(=O)[C@@H](NC(=O)OC1CCCC1)C(C)(C)C)C(=O)O.NS(=O)(=O)C1CC1. The Labute approximate surface area is 787 Å². The first kappa shape index (κ1) is 102. The average Bonchev–Trinajstić information content (AvgIpc) is 1.58. The van der Waals surface area contributed by atoms with Crippen LogP contribution in [0.25, 0.3) is 44.6 Å². The third-order valence-corrected chi connectivity index (χ3v) is 31.0. The number of sulfone groups is 1. The number of Topliss-reactive ketones (excluding diaryl/α,β-unsaturated/α-hetero) is 3. The van der Waals surface area contributed by atoms with Gasteiger partial charge in [0.2, 0.25) is 33.7 Å². The molecule has 8 aliphatic rings. The maximum absolute atomic E-state index is 15.0. The number of benzene rings is 2. The molecule has 724 valence electrons. The maximum atomic E-state index is 15.0. The number of rotatable bonds is 32. The van der Waals surface area contributed by atoms with Crippen LogP contribution in [0.2, 0.25) is 0 Å². The number of aliphatic carboxylic acids is 1. The molecule has 8 fully saturated rings. The minimum absolute atomic E-state index is 0.00559. The first-order valence-corrected chi connectivity index (χ1v) is 50.9. The molecule has 2 aromatic carbocycles. The molecule has 6 heterocycles. The monoisotopic (exact) mass is 1910 g/mol. The zero-order valence-electron chi connectivity index (χ0n) is 79.7. The lowest BCUT2D eigenvalue weighted by Crippen LogP contribution is -2.59. The van der Waals surface area contributed by atoms with Crippen molar-refractivity contribution in [3.05, 3.63) is 92.6 Å². The zero-order chi connectivity index (χ0) is 97.5. The summed E-state index contributed by atoms with van der Waals surface area (Å²) < 4.78 is 83.0. The maximum Gasteiger partial charge on any atom is 0.408 e. The number of aromatic nitrogens is 4. The molecule has 0 radical (unpaired) electrons. The Bertz CT molecular complexity index is 5740. The Morgan fingerprint density at radius 2 is 0.917 bits per heavy atom. The normalized spacial score (nSPS) is 22.5. The number of thiazole rings is 2. The van der Waals surface area contributed by atoms with Crippen LogP contribution in [0.4, 0.5) is 9.59 Å². The van der Waals surface area contributed by atoms with Crippen LogP contribution in [-0.4, -0.2) is 214 Å². The molecule has 2 saturated heterocycles. The molecule has 10 atom stereocenters. The van der Waals surface area contributed by atoms with E-state index in [9.17, 15) is 69.9 Å². The van der Waals surface area contributed by atoms with Gasteiger partial charge in [-0.1, -0.05) is 95.2 Å². The quantitative estimate of drug-likeness (QED) is 0.0214. The summed E-state index contributed by atoms with van der Waals surface area (Å²) in [5.41, 5.74) is 1.55. The number of aryl methyl sites for hydroxylation is 4. The number of carbonyl (C=O) groups excluding carboxylic acids is 9. The molecule has 2 unspecified atom stereocenters. The van der Waals surface area contributed by atoms with Crippen LogP contribution in [-0.2, 0) is 80.5 Å². The van der Waals surface area contributed by atoms with Gasteiger partial charge in [0.25, 0.3) is 0 Å². The second-order valence-corrected chi connectivity index (χ2v) is 47.7. The molecule has 6 saturated carbocycles. The molecule has 7 N–H and O–H groups in total. The second-order valence-electron chi connectivity index (χ2n) is 41.7. The van der Waals surface area contributed by atoms with Crippen LogP contribution in [0.15, 0.2) is 60.3 Å². The van der Waals surface area contributed by atoms with E-state index in [0.717, 1.165) is 86.5 Å². The number of nitrogens with two attached hydrogens (primary N) is 1. The number of methoxy groups -OCH3 is 2. The van der Waals surface area contributed by atoms with Gasteiger partial charge in [-0.3, -0.25) is 33.6 Å². The Morgan fingerprint density at radius 3 is 1.24 bits per heavy atom. The van der Waals surface area contributed by atoms with Crippen LogP contribution in [0, 0.1) is 61.2 Å². The summed E-state index contributed by atoms with van der Waals surface area (Å²) in [6.45, 7) is 38.1. The third kappa shape index (κ3) is 24.6. The van der Waals surface area contributed by atoms with E-state index in [-0.39, 0.29) is 91.5 Å². The zero-order valence-corrected chi connectivity index (χ0v) is 83.0. The van der Waals surface area contributed by atoms with Gasteiger partial charge >= 0.3 is 18.2 Å². The van der Waals surface area contributed by atoms with Gasteiger partial charge in [-0.15, -0.1) is 35.8 Å². The van der Waals surface area contributed by atoms with Gasteiger partial charge in [0.15, 0.2) is 15.6 Å². The molecule has 6 amide bonds. The van der Waals surface area contributed by atoms with Gasteiger partial charge in [-0.25, -0.2) is 56.3 Å². The van der Waals surface area contributed by atoms with Crippen molar-refractivity contribution < 1.29 is 98.3 Å². The van der Waals surface area contributed by atoms with Gasteiger partial charge in [-0.2, -0.15) is 0 Å². The number of carbonyl (C=O) groups is 10. The lowest BCUT2D eigenvalue weighted by atomic mass is 9.85. The van der Waals surface area contributed by atoms with E-state index >= 15 is 0 Å². The van der Waals surface area contributed by atoms with Crippen molar-refractivity contribution in [1.82, 2.24) is 51.0 Å². The van der Waals surface area contributed by atoms with Crippen LogP contribution < -0.4 is 45.4 Å². The molecule has 0 bridgehead atoms. The first-order valence-electron chi connectivity index (χ1n) is 45.9. The number of primary sulfonamides is 1. The van der Waals surface area contributed by atoms with Gasteiger partial charge in [0, 0.05) is 82.3 Å². The summed E-state index contributed by atoms with van der Waals surface area (Å²) in [6, 6.07) is 2.85. The third-order valence-electron chi connectivity index (χ3n) is 25.8. The number of carboxylic acid groups (broad SMARTS) is 1. The van der Waals surface area contributed by atoms with Gasteiger partial charge in [0.05, 0.1) is 73.1 Å². The molecule has 2 aliphatic heterocycles. The highest BCUT2D eigenvalue weighted by Crippen LogP contribution is 2.49. The number of ketones is 3. The standard InChI is InChI=1S/C49H65N5O10S2.C45H59N5O9S.C3H7NO2S/c1-11-29-22-49(29,39(56)26-66(60,61)33-16-17-33)53-44(57)37-20-32(24-54(37)45(58)43(48(7,8)9)52-46(59)64-31-14-12-13-15-31)63-38-21-35(51-41-28(3)42(62-10)27(2)18-34(38)41)36-25-65-40(50-36)19-30(55)23-47(4,5)6;1-11-26-20-45(26,41(54)55)49-39(52)33-18-29(22-50(33)40(53)38(44(7,8)9)48-42(56)59-28-14-12-13-15-28)58-34-19-31(47-36-25(3)37(57-10)24(2)16-30(34)36)32-23-60-35(46-32)17-27(51)21-43(4,5)6;4-7(5,6)3-1-2-3/h11,18,21,25,29,31-33,37,43H,1,12-17,19-20,22-24,26H2,2-10H3,(H,52,59)(H,53,57);11,16,19,23,26,28-29,33,38H,1,12-15,17-18,20-22H2,2-10H3,(H,48,56)(H,49,52)(H,54,55);3H,1-2H2,(H2,4,5,6)/t29?,32-,37+,43-,49-;26?,29-,33+,38-,45-;/m11./s1. The summed E-state index contributed by atoms with van der Waals surface area (Å²) in [5.74, 6) is -3.48. The molecule has 14 rings (SSSR count). The number of amides is 6. The van der Waals surface area contributed by atoms with Crippen LogP contribution in [0.3, 0.4) is 0 Å². The lowest BCUT2D eigenvalue weighted by molar-refractivity contribution is -0.146. The highest BCUT2D eigenvalue weighted by atomic mass is 32.2. The number of sulfonamides is 1. The van der Waals surface area contributed by atoms with E-state index in [0.29, 0.717) is 103 Å². The second kappa shape index (κ2) is 40.1. The Balaban J connectivity index is 0.000000224. The number of fused-ring (bicyclic) bond motifs is 2. The Hall–Kier alpha value is -10.0. The number of hydrogen-bond acceptors (Lipinski definition) is 26. The molecule has 32 nitrogen and oxygen atoms in total. The summed E-state index contributed by atoms with van der Waals surface area (Å²) in [6.07, 6.45) is 10.5. The van der Waals surface area contributed by atoms with Crippen LogP contribution in [0.5, 0.6) is 23.0 Å². The summed E-state index contributed by atoms with van der Waals surface area (Å²) in [5, 5.41) is 31.7. The average molecular weight is 1920 g/mol. The van der Waals surface area contributed by atoms with Crippen LogP contribution in [0.1, 0.15) is 231 Å². The van der Waals surface area contributed by atoms with E-state index < -0.39 is 149 Å². The van der Waals surface area contributed by atoms with Gasteiger partial charge in [-0.05, 0) is 163 Å². The van der Waals surface area contributed by atoms with E-state index in [1.54, 1.807) is 32.4 Å². The highest BCUT2D eigenvalue weighted by Gasteiger charge is 2.63. The predicted molar refractivity (Wildman–Crippen MR) is 507 cm³/mol. The molecule has 4 aromatic heterocycles. The lowest BCUT2D eigenvalue weighted by Gasteiger charge is -2.35. The molecular weight excluding hydrogens is 1780 g/mol. The molecule has 0 spiro atoms. The van der Waals surface area contributed by atoms with Gasteiger partial charge in [0.1, 0.15) is 121 Å². The minimum atomic E-state index is -3.70. The number of carboxylic acids is 1. The fraction of sp³-hybridized carbons (Fsp3) is 0.608. The van der Waals surface area contributed by atoms with Crippen molar-refractivity contribution in [3.8, 4) is 45.8 Å². The molecular formula is C97H131N11O21S4. The molecule has 6 aromatic rings. The van der Waals surface area contributed by atoms with E-state index in [1.165, 1.54) is 38.5 Å². The summed E-state index contributed by atoms with van der Waals surface area (Å²) in [4.78, 5) is 160. The number of hydrogen-bond donors (Lipinski definition) is 6. The van der Waals surface area contributed by atoms with E-state index in [4.69, 9.17) is 53.5 Å². The molecule has 36 heteroatoms. The smallest absolute Gasteiger partial charge is 0.408 e. The number of pyridine rings is 2. The number of alkyl carbamates (subject to hydrolysis) is 2. The largest absolute Gasteiger partial charge is 0.496 e. The topological polar surface area (TPSA) is 447 Å². The van der Waals surface area contributed by atoms with Crippen molar-refractivity contribution in [3.63, 3.8) is 0 Å². The number of nitrogens with zero attached hydrogens (tertiary/aromatic N) is 6. The molecule has 6 aliphatic carbocycles. The predicted octanol–water partition coefficient (Wildman–Crippen LogP) is 13.7. The minimum Gasteiger partial charge on any atom is -0.496 e. The molecule has 133 heavy (non-hydrogen) atoms. The van der Waals surface area contributed by atoms with Crippen molar-refractivity contribution in [2.45, 2.75) is 309 Å². The fourth-order valence-corrected chi connectivity index (χ4v) is 22.5. The Morgan fingerprint density at radius 1 is 0.541 bits per heavy atom. The highest BCUT2D eigenvalue weighted by molar-refractivity contribution is 7.93. The van der Waals surface area contributed by atoms with Crippen molar-refractivity contribution >= 4 is 123 Å².